The van der Waals surface area contributed by atoms with Crippen LogP contribution in [0.15, 0.2) is 12.1 Å². The number of likely N-dealkylation sites (tertiary alicyclic amines) is 1. The maximum atomic E-state index is 11.8. The number of hydrogen-bond acceptors (Lipinski definition) is 5. The second kappa shape index (κ2) is 6.18. The SMILES string of the molecule is CCC[C@](C)(O)[C@H]1C[C@@]23CC[C@@]1(OC)[C@@H]1Oc4c(O)ccc5c4[C@@]12CCN(C)[C@@H]3CC5. The lowest BCUT2D eigenvalue weighted by molar-refractivity contribution is -0.299. The fourth-order valence-corrected chi connectivity index (χ4v) is 9.36. The third-order valence-corrected chi connectivity index (χ3v) is 10.4. The van der Waals surface area contributed by atoms with E-state index in [4.69, 9.17) is 9.47 Å². The number of phenolic OH excluding ortho intramolecular Hbond substituents is 1. The van der Waals surface area contributed by atoms with Crippen molar-refractivity contribution in [3.8, 4) is 11.5 Å². The first kappa shape index (κ1) is 20.3. The normalized spacial score (nSPS) is 44.4. The maximum Gasteiger partial charge on any atom is 0.165 e. The zero-order valence-electron chi connectivity index (χ0n) is 19.4. The third-order valence-electron chi connectivity index (χ3n) is 10.4. The summed E-state index contributed by atoms with van der Waals surface area (Å²) in [6.07, 6.45) is 7.72. The number of nitrogens with zero attached hydrogens (tertiary/aromatic N) is 1. The molecule has 2 aliphatic heterocycles. The van der Waals surface area contributed by atoms with E-state index in [0.717, 1.165) is 57.9 Å². The summed E-state index contributed by atoms with van der Waals surface area (Å²) in [6, 6.07) is 4.41. The Balaban J connectivity index is 1.65. The molecule has 3 saturated carbocycles. The van der Waals surface area contributed by atoms with E-state index in [2.05, 4.69) is 24.9 Å². The predicted octanol–water partition coefficient (Wildman–Crippen LogP) is 3.78. The minimum absolute atomic E-state index is 0.0174. The minimum atomic E-state index is -0.804. The molecule has 1 aromatic rings. The minimum Gasteiger partial charge on any atom is -0.504 e. The van der Waals surface area contributed by atoms with Crippen LogP contribution >= 0.6 is 0 Å². The van der Waals surface area contributed by atoms with Gasteiger partial charge in [0.1, 0.15) is 11.7 Å². The smallest absolute Gasteiger partial charge is 0.165 e. The summed E-state index contributed by atoms with van der Waals surface area (Å²) in [5.41, 5.74) is 1.19. The van der Waals surface area contributed by atoms with Gasteiger partial charge in [0.15, 0.2) is 11.5 Å². The van der Waals surface area contributed by atoms with Gasteiger partial charge < -0.3 is 24.6 Å². The van der Waals surface area contributed by atoms with Crippen molar-refractivity contribution in [1.82, 2.24) is 4.90 Å². The van der Waals surface area contributed by atoms with E-state index in [-0.39, 0.29) is 28.6 Å². The maximum absolute atomic E-state index is 11.8. The molecule has 170 valence electrons. The van der Waals surface area contributed by atoms with Crippen LogP contribution in [0.4, 0.5) is 0 Å². The molecule has 0 unspecified atom stereocenters. The van der Waals surface area contributed by atoms with Crippen LogP contribution in [0, 0.1) is 11.3 Å². The van der Waals surface area contributed by atoms with Gasteiger partial charge in [0, 0.05) is 35.5 Å². The van der Waals surface area contributed by atoms with Crippen LogP contribution in [0.2, 0.25) is 0 Å². The number of aliphatic hydroxyl groups is 1. The van der Waals surface area contributed by atoms with Gasteiger partial charge in [-0.05, 0) is 77.1 Å². The van der Waals surface area contributed by atoms with Crippen LogP contribution < -0.4 is 4.74 Å². The Morgan fingerprint density at radius 2 is 2.10 bits per heavy atom. The number of benzene rings is 1. The van der Waals surface area contributed by atoms with Gasteiger partial charge in [-0.25, -0.2) is 0 Å². The molecule has 0 radical (unpaired) electrons. The molecule has 5 heteroatoms. The van der Waals surface area contributed by atoms with Gasteiger partial charge in [-0.15, -0.1) is 0 Å². The summed E-state index contributed by atoms with van der Waals surface area (Å²) < 4.78 is 13.3. The summed E-state index contributed by atoms with van der Waals surface area (Å²) in [7, 11) is 4.11. The van der Waals surface area contributed by atoms with Crippen molar-refractivity contribution in [3.63, 3.8) is 0 Å². The van der Waals surface area contributed by atoms with Gasteiger partial charge in [0.2, 0.25) is 0 Å². The average Bonchev–Trinajstić information content (AvgIpc) is 3.09. The number of hydrogen-bond donors (Lipinski definition) is 2. The van der Waals surface area contributed by atoms with Gasteiger partial charge in [-0.3, -0.25) is 0 Å². The Kier molecular flexibility index (Phi) is 4.05. The highest BCUT2D eigenvalue weighted by molar-refractivity contribution is 5.62. The van der Waals surface area contributed by atoms with Gasteiger partial charge in [0.25, 0.3) is 0 Å². The first-order chi connectivity index (χ1) is 14.8. The van der Waals surface area contributed by atoms with Gasteiger partial charge in [0.05, 0.1) is 5.60 Å². The van der Waals surface area contributed by atoms with Crippen LogP contribution in [0.25, 0.3) is 0 Å². The summed E-state index contributed by atoms with van der Waals surface area (Å²) in [4.78, 5) is 2.59. The van der Waals surface area contributed by atoms with E-state index < -0.39 is 11.2 Å². The lowest BCUT2D eigenvalue weighted by Crippen LogP contribution is -2.81. The fourth-order valence-electron chi connectivity index (χ4n) is 9.36. The van der Waals surface area contributed by atoms with Crippen LogP contribution in [0.5, 0.6) is 11.5 Å². The molecule has 31 heavy (non-hydrogen) atoms. The highest BCUT2D eigenvalue weighted by atomic mass is 16.6. The molecular weight excluding hydrogens is 390 g/mol. The number of ether oxygens (including phenoxy) is 2. The van der Waals surface area contributed by atoms with Crippen molar-refractivity contribution in [3.05, 3.63) is 23.3 Å². The molecule has 7 atom stereocenters. The fraction of sp³-hybridized carbons (Fsp3) is 0.769. The quantitative estimate of drug-likeness (QED) is 0.766. The number of aryl methyl sites for hydroxylation is 1. The second-order valence-electron chi connectivity index (χ2n) is 11.4. The summed E-state index contributed by atoms with van der Waals surface area (Å²) in [6.45, 7) is 5.21. The van der Waals surface area contributed by atoms with Crippen molar-refractivity contribution in [2.45, 2.75) is 94.0 Å². The van der Waals surface area contributed by atoms with Gasteiger partial charge >= 0.3 is 0 Å². The van der Waals surface area contributed by atoms with Crippen LogP contribution in [0.1, 0.15) is 69.9 Å². The molecule has 6 aliphatic rings. The van der Waals surface area contributed by atoms with E-state index in [1.165, 1.54) is 11.1 Å². The zero-order valence-corrected chi connectivity index (χ0v) is 19.4. The standard InChI is InChI=1S/C26H37NO4/c1-5-10-23(2,29)18-15-24-11-12-26(18,30-4)22-25(24)13-14-27(3)19(24)9-7-16-6-8-17(28)21(31-22)20(16)25/h6,8,18-19,22,28-29H,5,7,9-15H2,1-4H3/t18-,19-,22-,23+,24-,25+,26+/m1/s1. The number of methoxy groups -OCH3 is 1. The van der Waals surface area contributed by atoms with E-state index in [1.807, 2.05) is 20.1 Å². The summed E-state index contributed by atoms with van der Waals surface area (Å²) in [5, 5.41) is 22.7. The van der Waals surface area contributed by atoms with E-state index >= 15 is 0 Å². The van der Waals surface area contributed by atoms with Crippen LogP contribution in [0.3, 0.4) is 0 Å². The predicted molar refractivity (Wildman–Crippen MR) is 119 cm³/mol. The van der Waals surface area contributed by atoms with E-state index in [9.17, 15) is 10.2 Å². The largest absolute Gasteiger partial charge is 0.504 e. The lowest BCUT2D eigenvalue weighted by Gasteiger charge is -2.73. The molecule has 4 fully saturated rings. The number of fused-ring (bicyclic) bond motifs is 2. The summed E-state index contributed by atoms with van der Waals surface area (Å²) in [5.74, 6) is 0.984. The molecule has 1 aromatic carbocycles. The molecule has 2 heterocycles. The molecule has 7 rings (SSSR count). The van der Waals surface area contributed by atoms with Crippen molar-refractivity contribution in [2.75, 3.05) is 20.7 Å². The van der Waals surface area contributed by atoms with E-state index in [1.54, 1.807) is 0 Å². The number of piperidine rings is 1. The second-order valence-corrected chi connectivity index (χ2v) is 11.4. The van der Waals surface area contributed by atoms with Crippen molar-refractivity contribution >= 4 is 0 Å². The van der Waals surface area contributed by atoms with Gasteiger partial charge in [-0.1, -0.05) is 19.4 Å². The first-order valence-electron chi connectivity index (χ1n) is 12.3. The Bertz CT molecular complexity index is 930. The highest BCUT2D eigenvalue weighted by Crippen LogP contribution is 2.76. The van der Waals surface area contributed by atoms with Gasteiger partial charge in [-0.2, -0.15) is 0 Å². The average molecular weight is 428 g/mol. The van der Waals surface area contributed by atoms with Crippen molar-refractivity contribution < 1.29 is 19.7 Å². The van der Waals surface area contributed by atoms with Crippen molar-refractivity contribution in [1.29, 1.82) is 0 Å². The first-order valence-corrected chi connectivity index (χ1v) is 12.3. The van der Waals surface area contributed by atoms with Crippen LogP contribution in [-0.4, -0.2) is 59.2 Å². The Morgan fingerprint density at radius 1 is 1.29 bits per heavy atom. The van der Waals surface area contributed by atoms with E-state index in [0.29, 0.717) is 11.8 Å². The molecule has 1 saturated heterocycles. The van der Waals surface area contributed by atoms with Crippen LogP contribution in [-0.2, 0) is 16.6 Å². The Labute approximate surface area is 185 Å². The molecule has 5 nitrogen and oxygen atoms in total. The number of phenols is 1. The highest BCUT2D eigenvalue weighted by Gasteiger charge is 2.80. The molecule has 0 aromatic heterocycles. The third kappa shape index (κ3) is 2.10. The number of rotatable bonds is 4. The molecule has 0 amide bonds. The molecule has 4 bridgehead atoms. The molecule has 2 spiro atoms. The Hall–Kier alpha value is -1.30. The number of aromatic hydroxyl groups is 1. The topological polar surface area (TPSA) is 62.2 Å². The summed E-state index contributed by atoms with van der Waals surface area (Å²) >= 11 is 0. The lowest BCUT2D eigenvalue weighted by atomic mass is 9.36. The molecule has 2 N–H and O–H groups in total. The monoisotopic (exact) mass is 427 g/mol. The van der Waals surface area contributed by atoms with Crippen molar-refractivity contribution in [2.24, 2.45) is 11.3 Å². The Morgan fingerprint density at radius 3 is 2.84 bits per heavy atom. The zero-order chi connectivity index (χ0) is 21.8. The molecule has 4 aliphatic carbocycles. The molecular formula is C26H37NO4.